The SMILES string of the molecule is CC(C)N(C(=O)O/[C](=C\[C@@H]1CC1(C)C)[Sn]([CH3])([CH3])[CH3])C(C)C. The van der Waals surface area contributed by atoms with E-state index in [1.54, 1.807) is 0 Å². The van der Waals surface area contributed by atoms with Gasteiger partial charge in [-0.2, -0.15) is 0 Å². The summed E-state index contributed by atoms with van der Waals surface area (Å²) in [6.45, 7) is 12.7. The van der Waals surface area contributed by atoms with Crippen molar-refractivity contribution in [2.24, 2.45) is 11.3 Å². The molecule has 1 aliphatic carbocycles. The van der Waals surface area contributed by atoms with Gasteiger partial charge >= 0.3 is 135 Å². The molecule has 0 bridgehead atoms. The minimum absolute atomic E-state index is 0.159. The van der Waals surface area contributed by atoms with Gasteiger partial charge in [-0.15, -0.1) is 0 Å². The van der Waals surface area contributed by atoms with Crippen LogP contribution in [0.3, 0.4) is 0 Å². The Kier molecular flexibility index (Phi) is 5.85. The van der Waals surface area contributed by atoms with Crippen molar-refractivity contribution in [3.63, 3.8) is 0 Å². The summed E-state index contributed by atoms with van der Waals surface area (Å²) in [5, 5.41) is 0. The van der Waals surface area contributed by atoms with Crippen molar-refractivity contribution < 1.29 is 9.53 Å². The van der Waals surface area contributed by atoms with Crippen molar-refractivity contribution in [3.05, 3.63) is 9.85 Å². The normalized spacial score (nSPS) is 21.7. The molecule has 1 saturated carbocycles. The van der Waals surface area contributed by atoms with Gasteiger partial charge in [0.2, 0.25) is 0 Å². The van der Waals surface area contributed by atoms with Crippen LogP contribution in [0.2, 0.25) is 14.8 Å². The molecule has 0 N–H and O–H groups in total. The van der Waals surface area contributed by atoms with Crippen molar-refractivity contribution in [3.8, 4) is 0 Å². The Morgan fingerprint density at radius 2 is 1.62 bits per heavy atom. The number of allylic oxidation sites excluding steroid dienone is 1. The van der Waals surface area contributed by atoms with Crippen LogP contribution in [0.4, 0.5) is 4.79 Å². The van der Waals surface area contributed by atoms with Gasteiger partial charge in [0.05, 0.1) is 0 Å². The molecule has 1 atom stereocenters. The molecule has 0 aromatic carbocycles. The molecule has 0 aromatic rings. The molecule has 0 aliphatic heterocycles. The summed E-state index contributed by atoms with van der Waals surface area (Å²) in [6, 6.07) is 0.317. The number of carbonyl (C=O) groups is 1. The van der Waals surface area contributed by atoms with Crippen LogP contribution in [0.25, 0.3) is 0 Å². The summed E-state index contributed by atoms with van der Waals surface area (Å²) >= 11 is -2.43. The first-order valence-electron chi connectivity index (χ1n) is 8.08. The Bertz CT molecular complexity index is 411. The summed E-state index contributed by atoms with van der Waals surface area (Å²) in [7, 11) is 0. The van der Waals surface area contributed by atoms with Crippen molar-refractivity contribution in [1.82, 2.24) is 4.90 Å². The molecule has 0 saturated heterocycles. The molecule has 21 heavy (non-hydrogen) atoms. The molecular weight excluding hydrogens is 369 g/mol. The van der Waals surface area contributed by atoms with Crippen molar-refractivity contribution in [1.29, 1.82) is 0 Å². The van der Waals surface area contributed by atoms with E-state index < -0.39 is 18.4 Å². The summed E-state index contributed by atoms with van der Waals surface area (Å²) < 4.78 is 6.90. The molecule has 4 heteroatoms. The second-order valence-corrected chi connectivity index (χ2v) is 22.8. The van der Waals surface area contributed by atoms with E-state index >= 15 is 0 Å². The molecule has 3 nitrogen and oxygen atoms in total. The zero-order valence-corrected chi connectivity index (χ0v) is 18.1. The fourth-order valence-corrected chi connectivity index (χ4v) is 5.70. The third-order valence-corrected chi connectivity index (χ3v) is 9.19. The van der Waals surface area contributed by atoms with Crippen LogP contribution in [-0.2, 0) is 4.74 Å². The third kappa shape index (κ3) is 5.18. The molecule has 0 unspecified atom stereocenters. The number of carbonyl (C=O) groups excluding carboxylic acids is 1. The van der Waals surface area contributed by atoms with Crippen molar-refractivity contribution in [2.45, 2.75) is 74.9 Å². The van der Waals surface area contributed by atoms with E-state index in [0.29, 0.717) is 11.3 Å². The average molecular weight is 402 g/mol. The first-order valence-corrected chi connectivity index (χ1v) is 18.1. The Hall–Kier alpha value is -0.191. The predicted molar refractivity (Wildman–Crippen MR) is 91.9 cm³/mol. The van der Waals surface area contributed by atoms with Crippen LogP contribution in [0, 0.1) is 11.3 Å². The third-order valence-electron chi connectivity index (χ3n) is 4.20. The fourth-order valence-electron chi connectivity index (χ4n) is 2.58. The van der Waals surface area contributed by atoms with Gasteiger partial charge in [-0.05, 0) is 0 Å². The number of amides is 1. The molecule has 1 fully saturated rings. The maximum atomic E-state index is 12.5. The van der Waals surface area contributed by atoms with Gasteiger partial charge < -0.3 is 0 Å². The van der Waals surface area contributed by atoms with Gasteiger partial charge in [0.25, 0.3) is 0 Å². The molecule has 122 valence electrons. The van der Waals surface area contributed by atoms with E-state index in [2.05, 4.69) is 34.7 Å². The first-order chi connectivity index (χ1) is 9.36. The zero-order chi connectivity index (χ0) is 16.6. The molecule has 1 rings (SSSR count). The van der Waals surface area contributed by atoms with Gasteiger partial charge in [-0.25, -0.2) is 0 Å². The van der Waals surface area contributed by atoms with E-state index in [4.69, 9.17) is 4.74 Å². The van der Waals surface area contributed by atoms with E-state index in [0.717, 1.165) is 3.78 Å². The molecule has 0 heterocycles. The van der Waals surface area contributed by atoms with Crippen LogP contribution < -0.4 is 0 Å². The van der Waals surface area contributed by atoms with E-state index in [1.807, 2.05) is 32.6 Å². The molecule has 1 amide bonds. The van der Waals surface area contributed by atoms with Crippen LogP contribution in [0.15, 0.2) is 9.85 Å². The summed E-state index contributed by atoms with van der Waals surface area (Å²) in [5.74, 6) is 0.572. The standard InChI is InChI=1S/C14H24NO2.3CH3.Sn/c1-10(2)15(11(3)4)13(16)17-8-7-12-9-14(12,5)6;;;;/h7,10-12H,9H2,1-6H3;3*1H3;/t12-;;;;/m1..../s1. The van der Waals surface area contributed by atoms with Crippen molar-refractivity contribution >= 4 is 24.5 Å². The zero-order valence-electron chi connectivity index (χ0n) is 15.3. The summed E-state index contributed by atoms with van der Waals surface area (Å²) in [4.78, 5) is 21.3. The molecule has 1 aliphatic rings. The van der Waals surface area contributed by atoms with E-state index in [9.17, 15) is 4.79 Å². The quantitative estimate of drug-likeness (QED) is 0.476. The average Bonchev–Trinajstić information content (AvgIpc) is 2.82. The topological polar surface area (TPSA) is 29.5 Å². The number of hydrogen-bond acceptors (Lipinski definition) is 2. The molecule has 0 spiro atoms. The van der Waals surface area contributed by atoms with Gasteiger partial charge in [-0.1, -0.05) is 0 Å². The Balaban J connectivity index is 2.90. The van der Waals surface area contributed by atoms with Crippen LogP contribution in [-0.4, -0.2) is 41.5 Å². The summed E-state index contributed by atoms with van der Waals surface area (Å²) in [6.07, 6.45) is 3.28. The van der Waals surface area contributed by atoms with Gasteiger partial charge in [0.1, 0.15) is 0 Å². The molecule has 0 aromatic heterocycles. The Morgan fingerprint density at radius 1 is 1.19 bits per heavy atom. The number of hydrogen-bond donors (Lipinski definition) is 0. The van der Waals surface area contributed by atoms with Gasteiger partial charge in [0.15, 0.2) is 0 Å². The van der Waals surface area contributed by atoms with Gasteiger partial charge in [-0.3, -0.25) is 0 Å². The fraction of sp³-hybridized carbons (Fsp3) is 0.824. The maximum absolute atomic E-state index is 12.5. The van der Waals surface area contributed by atoms with Crippen LogP contribution in [0.1, 0.15) is 48.0 Å². The number of nitrogens with zero attached hydrogens (tertiary/aromatic N) is 1. The van der Waals surface area contributed by atoms with E-state index in [1.165, 1.54) is 6.42 Å². The molecule has 0 radical (unpaired) electrons. The number of ether oxygens (including phenoxy) is 1. The second-order valence-electron chi connectivity index (χ2n) is 8.54. The minimum atomic E-state index is -2.43. The monoisotopic (exact) mass is 403 g/mol. The van der Waals surface area contributed by atoms with Crippen molar-refractivity contribution in [2.75, 3.05) is 0 Å². The predicted octanol–water partition coefficient (Wildman–Crippen LogP) is 5.05. The summed E-state index contributed by atoms with van der Waals surface area (Å²) in [5.41, 5.74) is 0.380. The first kappa shape index (κ1) is 18.9. The Labute approximate surface area is 135 Å². The van der Waals surface area contributed by atoms with E-state index in [-0.39, 0.29) is 18.2 Å². The molecular formula is C17H33NO2Sn. The number of rotatable bonds is 5. The van der Waals surface area contributed by atoms with Crippen LogP contribution in [0.5, 0.6) is 0 Å². The van der Waals surface area contributed by atoms with Gasteiger partial charge in [0, 0.05) is 0 Å². The second kappa shape index (κ2) is 6.51. The Morgan fingerprint density at radius 3 is 1.90 bits per heavy atom. The van der Waals surface area contributed by atoms with Crippen LogP contribution >= 0.6 is 0 Å².